The number of hydrogen-bond acceptors (Lipinski definition) is 5. The van der Waals surface area contributed by atoms with Crippen molar-refractivity contribution < 1.29 is 4.79 Å². The van der Waals surface area contributed by atoms with Crippen molar-refractivity contribution in [1.29, 1.82) is 0 Å². The number of amides is 2. The van der Waals surface area contributed by atoms with Crippen LogP contribution in [0.1, 0.15) is 25.7 Å². The Bertz CT molecular complexity index is 529. The Hall–Kier alpha value is -1.34. The van der Waals surface area contributed by atoms with Gasteiger partial charge in [-0.3, -0.25) is 4.90 Å². The molecule has 6 nitrogen and oxygen atoms in total. The van der Waals surface area contributed by atoms with E-state index in [-0.39, 0.29) is 6.03 Å². The Morgan fingerprint density at radius 3 is 2.78 bits per heavy atom. The van der Waals surface area contributed by atoms with Gasteiger partial charge in [0.05, 0.1) is 0 Å². The summed E-state index contributed by atoms with van der Waals surface area (Å²) < 4.78 is 0. The second-order valence-electron chi connectivity index (χ2n) is 6.73. The van der Waals surface area contributed by atoms with Crippen LogP contribution in [0.5, 0.6) is 0 Å². The van der Waals surface area contributed by atoms with Crippen LogP contribution in [-0.2, 0) is 0 Å². The predicted molar refractivity (Wildman–Crippen MR) is 92.0 cm³/mol. The number of carbonyl (C=O) groups excluding carboxylic acids is 1. The zero-order chi connectivity index (χ0) is 15.6. The molecule has 0 bridgehead atoms. The van der Waals surface area contributed by atoms with Crippen molar-refractivity contribution >= 4 is 22.5 Å². The van der Waals surface area contributed by atoms with E-state index >= 15 is 0 Å². The lowest BCUT2D eigenvalue weighted by Gasteiger charge is -2.36. The number of nitrogens with one attached hydrogen (secondary N) is 1. The summed E-state index contributed by atoms with van der Waals surface area (Å²) >= 11 is 1.67. The van der Waals surface area contributed by atoms with E-state index in [1.165, 1.54) is 25.8 Å². The molecule has 126 valence electrons. The molecule has 1 aromatic heterocycles. The largest absolute Gasteiger partial charge is 0.345 e. The number of rotatable bonds is 2. The number of thiazole rings is 1. The quantitative estimate of drug-likeness (QED) is 0.892. The van der Waals surface area contributed by atoms with Gasteiger partial charge in [-0.2, -0.15) is 0 Å². The molecule has 3 saturated heterocycles. The van der Waals surface area contributed by atoms with Gasteiger partial charge in [0.1, 0.15) is 0 Å². The highest BCUT2D eigenvalue weighted by Crippen LogP contribution is 2.27. The van der Waals surface area contributed by atoms with Crippen molar-refractivity contribution in [1.82, 2.24) is 20.1 Å². The summed E-state index contributed by atoms with van der Waals surface area (Å²) in [4.78, 5) is 23.7. The molecule has 23 heavy (non-hydrogen) atoms. The van der Waals surface area contributed by atoms with E-state index < -0.39 is 0 Å². The normalized spacial score (nSPS) is 28.7. The van der Waals surface area contributed by atoms with E-state index in [0.717, 1.165) is 44.3 Å². The molecule has 7 heteroatoms. The van der Waals surface area contributed by atoms with Gasteiger partial charge >= 0.3 is 6.03 Å². The van der Waals surface area contributed by atoms with Crippen LogP contribution in [0.2, 0.25) is 0 Å². The Labute approximate surface area is 141 Å². The Kier molecular flexibility index (Phi) is 4.39. The number of hydrogen-bond donors (Lipinski definition) is 1. The van der Waals surface area contributed by atoms with Gasteiger partial charge in [0, 0.05) is 56.4 Å². The smallest absolute Gasteiger partial charge is 0.317 e. The second-order valence-corrected chi connectivity index (χ2v) is 7.61. The third kappa shape index (κ3) is 3.17. The van der Waals surface area contributed by atoms with Crippen LogP contribution >= 0.6 is 11.3 Å². The first-order chi connectivity index (χ1) is 11.3. The molecular weight excluding hydrogens is 310 g/mol. The number of fused-ring (bicyclic) bond motifs is 1. The SMILES string of the molecule is O=C(N[C@@H]1CCN2CCCC[C@H]12)N1CCN(c2nccs2)CC1. The first-order valence-corrected chi connectivity index (χ1v) is 9.63. The standard InChI is InChI=1S/C16H25N5OS/c22-15(18-13-4-7-19-6-2-1-3-14(13)19)20-8-10-21(11-9-20)16-17-5-12-23-16/h5,12-14H,1-4,6-11H2,(H,18,22)/t13-,14-/m1/s1. The van der Waals surface area contributed by atoms with Crippen LogP contribution in [0.25, 0.3) is 0 Å². The summed E-state index contributed by atoms with van der Waals surface area (Å²) in [6, 6.07) is 1.05. The summed E-state index contributed by atoms with van der Waals surface area (Å²) in [7, 11) is 0. The molecule has 4 rings (SSSR count). The number of carbonyl (C=O) groups is 1. The fraction of sp³-hybridized carbons (Fsp3) is 0.750. The number of urea groups is 1. The van der Waals surface area contributed by atoms with E-state index in [9.17, 15) is 4.79 Å². The average Bonchev–Trinajstić information content (AvgIpc) is 3.25. The van der Waals surface area contributed by atoms with E-state index in [4.69, 9.17) is 0 Å². The minimum atomic E-state index is 0.126. The molecule has 0 aromatic carbocycles. The Morgan fingerprint density at radius 1 is 1.13 bits per heavy atom. The lowest BCUT2D eigenvalue weighted by Crippen LogP contribution is -2.55. The highest BCUT2D eigenvalue weighted by Gasteiger charge is 2.37. The van der Waals surface area contributed by atoms with E-state index in [1.54, 1.807) is 11.3 Å². The van der Waals surface area contributed by atoms with Crippen molar-refractivity contribution in [3.8, 4) is 0 Å². The molecule has 0 aliphatic carbocycles. The number of nitrogens with zero attached hydrogens (tertiary/aromatic N) is 4. The summed E-state index contributed by atoms with van der Waals surface area (Å²) in [5, 5.41) is 6.38. The molecule has 0 spiro atoms. The maximum atomic E-state index is 12.6. The Morgan fingerprint density at radius 2 is 2.00 bits per heavy atom. The van der Waals surface area contributed by atoms with Gasteiger partial charge in [0.2, 0.25) is 0 Å². The third-order valence-electron chi connectivity index (χ3n) is 5.42. The molecule has 3 fully saturated rings. The first-order valence-electron chi connectivity index (χ1n) is 8.75. The highest BCUT2D eigenvalue weighted by atomic mass is 32.1. The molecule has 2 atom stereocenters. The Balaban J connectivity index is 1.29. The van der Waals surface area contributed by atoms with Crippen molar-refractivity contribution in [3.05, 3.63) is 11.6 Å². The lowest BCUT2D eigenvalue weighted by atomic mass is 9.99. The average molecular weight is 335 g/mol. The highest BCUT2D eigenvalue weighted by molar-refractivity contribution is 7.13. The van der Waals surface area contributed by atoms with Gasteiger partial charge in [0.25, 0.3) is 0 Å². The molecule has 0 radical (unpaired) electrons. The van der Waals surface area contributed by atoms with Crippen molar-refractivity contribution in [2.45, 2.75) is 37.8 Å². The predicted octanol–water partition coefficient (Wildman–Crippen LogP) is 1.60. The topological polar surface area (TPSA) is 51.7 Å². The van der Waals surface area contributed by atoms with Gasteiger partial charge in [-0.1, -0.05) is 6.42 Å². The number of anilines is 1. The summed E-state index contributed by atoms with van der Waals surface area (Å²) in [5.41, 5.74) is 0. The van der Waals surface area contributed by atoms with Crippen LogP contribution in [-0.4, -0.2) is 72.2 Å². The molecule has 0 saturated carbocycles. The van der Waals surface area contributed by atoms with Crippen LogP contribution < -0.4 is 10.2 Å². The molecule has 3 aliphatic rings. The lowest BCUT2D eigenvalue weighted by molar-refractivity contribution is 0.166. The van der Waals surface area contributed by atoms with Crippen LogP contribution in [0, 0.1) is 0 Å². The fourth-order valence-electron chi connectivity index (χ4n) is 4.14. The fourth-order valence-corrected chi connectivity index (χ4v) is 4.84. The molecule has 4 heterocycles. The molecule has 1 aromatic rings. The van der Waals surface area contributed by atoms with Gasteiger partial charge in [-0.25, -0.2) is 9.78 Å². The van der Waals surface area contributed by atoms with Gasteiger partial charge in [-0.15, -0.1) is 11.3 Å². The van der Waals surface area contributed by atoms with Crippen LogP contribution in [0.3, 0.4) is 0 Å². The monoisotopic (exact) mass is 335 g/mol. The molecule has 0 unspecified atom stereocenters. The maximum Gasteiger partial charge on any atom is 0.317 e. The van der Waals surface area contributed by atoms with Crippen LogP contribution in [0.15, 0.2) is 11.6 Å². The second kappa shape index (κ2) is 6.65. The van der Waals surface area contributed by atoms with Gasteiger partial charge in [0.15, 0.2) is 5.13 Å². The van der Waals surface area contributed by atoms with E-state index in [2.05, 4.69) is 20.1 Å². The number of aromatic nitrogens is 1. The maximum absolute atomic E-state index is 12.6. The number of piperidine rings is 1. The molecular formula is C16H25N5OS. The van der Waals surface area contributed by atoms with E-state index in [0.29, 0.717) is 12.1 Å². The minimum absolute atomic E-state index is 0.126. The minimum Gasteiger partial charge on any atom is -0.345 e. The number of piperazine rings is 1. The van der Waals surface area contributed by atoms with Crippen LogP contribution in [0.4, 0.5) is 9.93 Å². The molecule has 3 aliphatic heterocycles. The molecule has 1 N–H and O–H groups in total. The van der Waals surface area contributed by atoms with Gasteiger partial charge < -0.3 is 15.1 Å². The molecule has 2 amide bonds. The van der Waals surface area contributed by atoms with Crippen molar-refractivity contribution in [3.63, 3.8) is 0 Å². The van der Waals surface area contributed by atoms with Crippen molar-refractivity contribution in [2.75, 3.05) is 44.2 Å². The summed E-state index contributed by atoms with van der Waals surface area (Å²) in [5.74, 6) is 0. The van der Waals surface area contributed by atoms with E-state index in [1.807, 2.05) is 16.5 Å². The zero-order valence-electron chi connectivity index (χ0n) is 13.5. The third-order valence-corrected chi connectivity index (χ3v) is 6.25. The first kappa shape index (κ1) is 15.2. The zero-order valence-corrected chi connectivity index (χ0v) is 14.3. The van der Waals surface area contributed by atoms with Gasteiger partial charge in [-0.05, 0) is 25.8 Å². The summed E-state index contributed by atoms with van der Waals surface area (Å²) in [6.45, 7) is 5.68. The summed E-state index contributed by atoms with van der Waals surface area (Å²) in [6.07, 6.45) is 6.81. The van der Waals surface area contributed by atoms with Crippen molar-refractivity contribution in [2.24, 2.45) is 0 Å².